The second kappa shape index (κ2) is 8.85. The van der Waals surface area contributed by atoms with Gasteiger partial charge < -0.3 is 15.0 Å². The molecule has 1 atom stereocenters. The molecule has 0 aromatic heterocycles. The second-order valence-corrected chi connectivity index (χ2v) is 6.35. The first-order chi connectivity index (χ1) is 12.0. The Morgan fingerprint density at radius 1 is 1.36 bits per heavy atom. The van der Waals surface area contributed by atoms with Crippen LogP contribution in [0.1, 0.15) is 31.4 Å². The van der Waals surface area contributed by atoms with E-state index < -0.39 is 6.04 Å². The maximum absolute atomic E-state index is 12.5. The van der Waals surface area contributed by atoms with Gasteiger partial charge in [-0.05, 0) is 38.0 Å². The van der Waals surface area contributed by atoms with E-state index in [2.05, 4.69) is 16.3 Å². The molecule has 1 aliphatic heterocycles. The van der Waals surface area contributed by atoms with E-state index in [1.165, 1.54) is 0 Å². The summed E-state index contributed by atoms with van der Waals surface area (Å²) >= 11 is 0. The zero-order chi connectivity index (χ0) is 18.4. The van der Waals surface area contributed by atoms with Crippen molar-refractivity contribution in [3.63, 3.8) is 0 Å². The smallest absolute Gasteiger partial charge is 0.237 e. The van der Waals surface area contributed by atoms with Crippen LogP contribution in [0, 0.1) is 6.92 Å². The lowest BCUT2D eigenvalue weighted by Crippen LogP contribution is -2.56. The van der Waals surface area contributed by atoms with Gasteiger partial charge in [0.25, 0.3) is 0 Å². The highest BCUT2D eigenvalue weighted by molar-refractivity contribution is 5.88. The predicted octanol–water partition coefficient (Wildman–Crippen LogP) is 1.56. The van der Waals surface area contributed by atoms with Gasteiger partial charge in [-0.3, -0.25) is 14.5 Å². The van der Waals surface area contributed by atoms with Gasteiger partial charge in [0.2, 0.25) is 11.8 Å². The van der Waals surface area contributed by atoms with Gasteiger partial charge in [-0.25, -0.2) is 0 Å². The molecule has 1 heterocycles. The Morgan fingerprint density at radius 2 is 2.08 bits per heavy atom. The molecule has 1 aromatic carbocycles. The van der Waals surface area contributed by atoms with Crippen molar-refractivity contribution in [2.24, 2.45) is 0 Å². The predicted molar refractivity (Wildman–Crippen MR) is 97.5 cm³/mol. The van der Waals surface area contributed by atoms with Crippen LogP contribution in [0.25, 0.3) is 0 Å². The van der Waals surface area contributed by atoms with Crippen molar-refractivity contribution in [1.82, 2.24) is 15.1 Å². The molecule has 1 aliphatic rings. The average Bonchev–Trinajstić information content (AvgIpc) is 2.59. The van der Waals surface area contributed by atoms with E-state index in [4.69, 9.17) is 4.74 Å². The number of carbonyl (C=O) groups excluding carboxylic acids is 2. The van der Waals surface area contributed by atoms with Crippen molar-refractivity contribution in [3.05, 3.63) is 29.3 Å². The first kappa shape index (κ1) is 19.2. The topological polar surface area (TPSA) is 61.9 Å². The van der Waals surface area contributed by atoms with Gasteiger partial charge in [0.1, 0.15) is 5.75 Å². The van der Waals surface area contributed by atoms with Gasteiger partial charge >= 0.3 is 0 Å². The zero-order valence-electron chi connectivity index (χ0n) is 15.7. The molecular weight excluding hydrogens is 318 g/mol. The molecule has 0 bridgehead atoms. The summed E-state index contributed by atoms with van der Waals surface area (Å²) in [5, 5.41) is 2.89. The van der Waals surface area contributed by atoms with Gasteiger partial charge in [-0.2, -0.15) is 0 Å². The van der Waals surface area contributed by atoms with Crippen LogP contribution in [0.15, 0.2) is 18.2 Å². The van der Waals surface area contributed by atoms with Gasteiger partial charge in [-0.15, -0.1) is 0 Å². The summed E-state index contributed by atoms with van der Waals surface area (Å²) in [6, 6.07) is 5.63. The van der Waals surface area contributed by atoms with Crippen LogP contribution in [0.5, 0.6) is 5.75 Å². The molecule has 6 heteroatoms. The fraction of sp³-hybridized carbons (Fsp3) is 0.579. The van der Waals surface area contributed by atoms with E-state index in [9.17, 15) is 9.59 Å². The molecule has 1 unspecified atom stereocenters. The van der Waals surface area contributed by atoms with E-state index in [1.54, 1.807) is 12.0 Å². The van der Waals surface area contributed by atoms with Crippen molar-refractivity contribution >= 4 is 11.8 Å². The van der Waals surface area contributed by atoms with Crippen LogP contribution in [0.4, 0.5) is 0 Å². The number of rotatable bonds is 7. The molecule has 1 fully saturated rings. The number of hydrogen-bond donors (Lipinski definition) is 1. The molecule has 2 rings (SSSR count). The van der Waals surface area contributed by atoms with Crippen molar-refractivity contribution in [1.29, 1.82) is 0 Å². The van der Waals surface area contributed by atoms with Crippen molar-refractivity contribution in [2.75, 3.05) is 33.3 Å². The zero-order valence-corrected chi connectivity index (χ0v) is 15.7. The monoisotopic (exact) mass is 347 g/mol. The highest BCUT2D eigenvalue weighted by Crippen LogP contribution is 2.21. The Labute approximate surface area is 150 Å². The van der Waals surface area contributed by atoms with Gasteiger partial charge in [-0.1, -0.05) is 12.1 Å². The van der Waals surface area contributed by atoms with Gasteiger partial charge in [0.15, 0.2) is 0 Å². The van der Waals surface area contributed by atoms with Crippen molar-refractivity contribution in [3.8, 4) is 5.75 Å². The van der Waals surface area contributed by atoms with Crippen LogP contribution in [-0.4, -0.2) is 60.9 Å². The van der Waals surface area contributed by atoms with Gasteiger partial charge in [0, 0.05) is 32.7 Å². The number of amides is 2. The van der Waals surface area contributed by atoms with E-state index in [-0.39, 0.29) is 18.2 Å². The second-order valence-electron chi connectivity index (χ2n) is 6.35. The summed E-state index contributed by atoms with van der Waals surface area (Å²) in [6.45, 7) is 9.27. The molecule has 1 aromatic rings. The largest absolute Gasteiger partial charge is 0.496 e. The summed E-state index contributed by atoms with van der Waals surface area (Å²) in [6.07, 6.45) is 0.225. The fourth-order valence-corrected chi connectivity index (χ4v) is 3.32. The minimum absolute atomic E-state index is 0.0305. The maximum Gasteiger partial charge on any atom is 0.237 e. The third-order valence-corrected chi connectivity index (χ3v) is 4.77. The minimum atomic E-state index is -0.413. The standard InChI is InChI=1S/C19H29N3O3/c1-5-21(6-2)18(23)12-16-19(24)20-9-10-22(16)13-15-7-8-17(25-4)14(3)11-15/h7-8,11,16H,5-6,9-10,12-13H2,1-4H3,(H,20,24). The summed E-state index contributed by atoms with van der Waals surface area (Å²) in [7, 11) is 1.66. The fourth-order valence-electron chi connectivity index (χ4n) is 3.32. The van der Waals surface area contributed by atoms with Crippen LogP contribution < -0.4 is 10.1 Å². The first-order valence-corrected chi connectivity index (χ1v) is 8.93. The Hall–Kier alpha value is -2.08. The summed E-state index contributed by atoms with van der Waals surface area (Å²) < 4.78 is 5.30. The number of aryl methyl sites for hydroxylation is 1. The number of methoxy groups -OCH3 is 1. The van der Waals surface area contributed by atoms with E-state index in [1.807, 2.05) is 32.9 Å². The Bertz CT molecular complexity index is 614. The van der Waals surface area contributed by atoms with Crippen molar-refractivity contribution in [2.45, 2.75) is 39.8 Å². The van der Waals surface area contributed by atoms with E-state index >= 15 is 0 Å². The van der Waals surface area contributed by atoms with E-state index in [0.717, 1.165) is 23.4 Å². The number of ether oxygens (including phenoxy) is 1. The van der Waals surface area contributed by atoms with Gasteiger partial charge in [0.05, 0.1) is 19.6 Å². The molecule has 0 saturated carbocycles. The average molecular weight is 347 g/mol. The number of hydrogen-bond acceptors (Lipinski definition) is 4. The molecule has 6 nitrogen and oxygen atoms in total. The molecule has 0 spiro atoms. The molecule has 2 amide bonds. The SMILES string of the molecule is CCN(CC)C(=O)CC1C(=O)NCCN1Cc1ccc(OC)c(C)c1. The third kappa shape index (κ3) is 4.72. The normalized spacial score (nSPS) is 17.9. The Morgan fingerprint density at radius 3 is 2.68 bits per heavy atom. The van der Waals surface area contributed by atoms with Crippen molar-refractivity contribution < 1.29 is 14.3 Å². The number of benzene rings is 1. The lowest BCUT2D eigenvalue weighted by atomic mass is 10.0. The van der Waals surface area contributed by atoms with Crippen LogP contribution in [0.3, 0.4) is 0 Å². The Balaban J connectivity index is 2.12. The Kier molecular flexibility index (Phi) is 6.82. The molecule has 25 heavy (non-hydrogen) atoms. The number of carbonyl (C=O) groups is 2. The van der Waals surface area contributed by atoms with Crippen LogP contribution in [-0.2, 0) is 16.1 Å². The highest BCUT2D eigenvalue weighted by atomic mass is 16.5. The molecule has 1 N–H and O–H groups in total. The third-order valence-electron chi connectivity index (χ3n) is 4.77. The molecule has 138 valence electrons. The number of nitrogens with one attached hydrogen (secondary N) is 1. The molecule has 0 radical (unpaired) electrons. The van der Waals surface area contributed by atoms with Crippen LogP contribution in [0.2, 0.25) is 0 Å². The molecular formula is C19H29N3O3. The lowest BCUT2D eigenvalue weighted by Gasteiger charge is -2.35. The summed E-state index contributed by atoms with van der Waals surface area (Å²) in [5.41, 5.74) is 2.19. The number of piperazine rings is 1. The highest BCUT2D eigenvalue weighted by Gasteiger charge is 2.32. The van der Waals surface area contributed by atoms with Crippen LogP contribution >= 0.6 is 0 Å². The number of nitrogens with zero attached hydrogens (tertiary/aromatic N) is 2. The summed E-state index contributed by atoms with van der Waals surface area (Å²) in [4.78, 5) is 28.7. The summed E-state index contributed by atoms with van der Waals surface area (Å²) in [5.74, 6) is 0.827. The minimum Gasteiger partial charge on any atom is -0.496 e. The molecule has 1 saturated heterocycles. The van der Waals surface area contributed by atoms with E-state index in [0.29, 0.717) is 26.2 Å². The quantitative estimate of drug-likeness (QED) is 0.813. The lowest BCUT2D eigenvalue weighted by molar-refractivity contribution is -0.138. The molecule has 0 aliphatic carbocycles. The maximum atomic E-state index is 12.5. The first-order valence-electron chi connectivity index (χ1n) is 8.93.